The number of aryl methyl sites for hydroxylation is 1. The molecular formula is C27H26N8O. The number of fused-ring (bicyclic) bond motifs is 1. The fourth-order valence-corrected chi connectivity index (χ4v) is 4.68. The molecule has 1 aliphatic rings. The number of aromatic nitrogens is 6. The quantitative estimate of drug-likeness (QED) is 0.385. The molecule has 1 fully saturated rings. The van der Waals surface area contributed by atoms with Crippen molar-refractivity contribution in [3.63, 3.8) is 0 Å². The summed E-state index contributed by atoms with van der Waals surface area (Å²) >= 11 is 0. The standard InChI is InChI=1S/C27H26N8O/c1-20-16-24(35-27(30-20)28-19-29-35)32-12-14-33(15-13-32)26(36)23-18-34(17-21-8-4-2-5-9-21)31-25(23)22-10-6-3-7-11-22/h2-11,16,18-19H,12-15,17H2,1H3. The van der Waals surface area contributed by atoms with E-state index in [-0.39, 0.29) is 5.91 Å². The van der Waals surface area contributed by atoms with Crippen LogP contribution in [0.4, 0.5) is 5.82 Å². The molecule has 1 aliphatic heterocycles. The molecule has 0 N–H and O–H groups in total. The molecule has 9 nitrogen and oxygen atoms in total. The Bertz CT molecular complexity index is 1500. The number of rotatable bonds is 5. The zero-order chi connectivity index (χ0) is 24.5. The van der Waals surface area contributed by atoms with Crippen LogP contribution in [0.2, 0.25) is 0 Å². The van der Waals surface area contributed by atoms with Gasteiger partial charge in [0.05, 0.1) is 12.1 Å². The van der Waals surface area contributed by atoms with Gasteiger partial charge in [-0.3, -0.25) is 9.48 Å². The molecule has 0 saturated carbocycles. The van der Waals surface area contributed by atoms with Crippen LogP contribution < -0.4 is 4.90 Å². The zero-order valence-corrected chi connectivity index (χ0v) is 20.0. The van der Waals surface area contributed by atoms with Crippen LogP contribution in [0.3, 0.4) is 0 Å². The first-order valence-corrected chi connectivity index (χ1v) is 12.0. The Hall–Kier alpha value is -4.53. The van der Waals surface area contributed by atoms with Crippen LogP contribution in [0.15, 0.2) is 79.3 Å². The average molecular weight is 479 g/mol. The molecule has 5 aromatic rings. The van der Waals surface area contributed by atoms with E-state index in [0.717, 1.165) is 22.6 Å². The average Bonchev–Trinajstić information content (AvgIpc) is 3.56. The van der Waals surface area contributed by atoms with Crippen LogP contribution >= 0.6 is 0 Å². The predicted molar refractivity (Wildman–Crippen MR) is 137 cm³/mol. The lowest BCUT2D eigenvalue weighted by Crippen LogP contribution is -2.49. The highest BCUT2D eigenvalue weighted by atomic mass is 16.2. The summed E-state index contributed by atoms with van der Waals surface area (Å²) in [6, 6.07) is 22.1. The molecule has 0 atom stereocenters. The van der Waals surface area contributed by atoms with Gasteiger partial charge in [0, 0.05) is 49.7 Å². The van der Waals surface area contributed by atoms with Crippen molar-refractivity contribution in [1.29, 1.82) is 0 Å². The van der Waals surface area contributed by atoms with Crippen molar-refractivity contribution >= 4 is 17.5 Å². The zero-order valence-electron chi connectivity index (χ0n) is 20.0. The number of piperazine rings is 1. The molecule has 0 aliphatic carbocycles. The summed E-state index contributed by atoms with van der Waals surface area (Å²) in [4.78, 5) is 26.6. The van der Waals surface area contributed by atoms with Gasteiger partial charge in [0.2, 0.25) is 0 Å². The lowest BCUT2D eigenvalue weighted by molar-refractivity contribution is 0.0747. The highest BCUT2D eigenvalue weighted by Crippen LogP contribution is 2.25. The maximum atomic E-state index is 13.7. The minimum atomic E-state index is 0.00428. The van der Waals surface area contributed by atoms with Gasteiger partial charge in [-0.2, -0.15) is 19.7 Å². The number of nitrogens with zero attached hydrogens (tertiary/aromatic N) is 8. The van der Waals surface area contributed by atoms with E-state index in [0.29, 0.717) is 49.8 Å². The van der Waals surface area contributed by atoms with Crippen LogP contribution in [-0.2, 0) is 6.54 Å². The van der Waals surface area contributed by atoms with Crippen LogP contribution in [0.1, 0.15) is 21.6 Å². The van der Waals surface area contributed by atoms with E-state index in [4.69, 9.17) is 5.10 Å². The monoisotopic (exact) mass is 478 g/mol. The molecule has 0 unspecified atom stereocenters. The Balaban J connectivity index is 1.25. The first-order chi connectivity index (χ1) is 17.7. The molecule has 6 rings (SSSR count). The van der Waals surface area contributed by atoms with Gasteiger partial charge in [0.25, 0.3) is 11.7 Å². The van der Waals surface area contributed by atoms with Gasteiger partial charge < -0.3 is 9.80 Å². The van der Waals surface area contributed by atoms with Crippen molar-refractivity contribution in [1.82, 2.24) is 34.3 Å². The maximum absolute atomic E-state index is 13.7. The van der Waals surface area contributed by atoms with Gasteiger partial charge in [-0.25, -0.2) is 4.98 Å². The molecule has 1 saturated heterocycles. The number of anilines is 1. The molecule has 3 aromatic heterocycles. The number of carbonyl (C=O) groups is 1. The van der Waals surface area contributed by atoms with Crippen molar-refractivity contribution < 1.29 is 4.79 Å². The van der Waals surface area contributed by atoms with Crippen LogP contribution in [0, 0.1) is 6.92 Å². The summed E-state index contributed by atoms with van der Waals surface area (Å²) in [6.45, 7) is 5.17. The number of benzene rings is 2. The highest BCUT2D eigenvalue weighted by molar-refractivity contribution is 6.00. The summed E-state index contributed by atoms with van der Waals surface area (Å²) in [5, 5.41) is 9.15. The number of hydrogen-bond donors (Lipinski definition) is 0. The molecule has 4 heterocycles. The summed E-state index contributed by atoms with van der Waals surface area (Å²) in [7, 11) is 0. The Kier molecular flexibility index (Phi) is 5.65. The molecule has 180 valence electrons. The van der Waals surface area contributed by atoms with Crippen molar-refractivity contribution in [2.24, 2.45) is 0 Å². The van der Waals surface area contributed by atoms with Crippen LogP contribution in [0.25, 0.3) is 17.0 Å². The fraction of sp³-hybridized carbons (Fsp3) is 0.222. The third-order valence-corrected chi connectivity index (χ3v) is 6.48. The molecule has 0 spiro atoms. The van der Waals surface area contributed by atoms with Gasteiger partial charge in [-0.15, -0.1) is 0 Å². The van der Waals surface area contributed by atoms with E-state index >= 15 is 0 Å². The Morgan fingerprint density at radius 1 is 0.944 bits per heavy atom. The van der Waals surface area contributed by atoms with Crippen molar-refractivity contribution in [3.8, 4) is 11.3 Å². The summed E-state index contributed by atoms with van der Waals surface area (Å²) in [5.41, 5.74) is 4.31. The van der Waals surface area contributed by atoms with E-state index in [1.807, 2.05) is 77.3 Å². The van der Waals surface area contributed by atoms with Crippen LogP contribution in [-0.4, -0.2) is 66.3 Å². The molecular weight excluding hydrogens is 452 g/mol. The number of amides is 1. The van der Waals surface area contributed by atoms with E-state index in [1.165, 1.54) is 6.33 Å². The van der Waals surface area contributed by atoms with E-state index in [2.05, 4.69) is 32.1 Å². The van der Waals surface area contributed by atoms with Gasteiger partial charge >= 0.3 is 0 Å². The van der Waals surface area contributed by atoms with E-state index < -0.39 is 0 Å². The lowest BCUT2D eigenvalue weighted by atomic mass is 10.1. The van der Waals surface area contributed by atoms with Crippen LogP contribution in [0.5, 0.6) is 0 Å². The molecule has 0 radical (unpaired) electrons. The maximum Gasteiger partial charge on any atom is 0.257 e. The first kappa shape index (κ1) is 22.0. The van der Waals surface area contributed by atoms with Crippen molar-refractivity contribution in [2.45, 2.75) is 13.5 Å². The second-order valence-corrected chi connectivity index (χ2v) is 8.95. The van der Waals surface area contributed by atoms with Crippen molar-refractivity contribution in [3.05, 3.63) is 96.1 Å². The first-order valence-electron chi connectivity index (χ1n) is 12.0. The van der Waals surface area contributed by atoms with Crippen molar-refractivity contribution in [2.75, 3.05) is 31.1 Å². The normalized spacial score (nSPS) is 13.9. The molecule has 9 heteroatoms. The number of carbonyl (C=O) groups excluding carboxylic acids is 1. The fourth-order valence-electron chi connectivity index (χ4n) is 4.68. The SMILES string of the molecule is Cc1cc(N2CCN(C(=O)c3cn(Cc4ccccc4)nc3-c3ccccc3)CC2)n2ncnc2n1. The molecule has 0 bridgehead atoms. The van der Waals surface area contributed by atoms with E-state index in [1.54, 1.807) is 4.52 Å². The van der Waals surface area contributed by atoms with Gasteiger partial charge in [-0.05, 0) is 12.5 Å². The Morgan fingerprint density at radius 2 is 1.67 bits per heavy atom. The van der Waals surface area contributed by atoms with Gasteiger partial charge in [-0.1, -0.05) is 60.7 Å². The summed E-state index contributed by atoms with van der Waals surface area (Å²) < 4.78 is 3.62. The minimum absolute atomic E-state index is 0.00428. The minimum Gasteiger partial charge on any atom is -0.353 e. The third kappa shape index (κ3) is 4.19. The summed E-state index contributed by atoms with van der Waals surface area (Å²) in [5.74, 6) is 1.54. The Morgan fingerprint density at radius 3 is 2.42 bits per heavy atom. The molecule has 2 aromatic carbocycles. The van der Waals surface area contributed by atoms with Gasteiger partial charge in [0.15, 0.2) is 0 Å². The second-order valence-electron chi connectivity index (χ2n) is 8.95. The van der Waals surface area contributed by atoms with Gasteiger partial charge in [0.1, 0.15) is 17.8 Å². The highest BCUT2D eigenvalue weighted by Gasteiger charge is 2.27. The summed E-state index contributed by atoms with van der Waals surface area (Å²) in [6.07, 6.45) is 3.40. The molecule has 1 amide bonds. The Labute approximate surface area is 208 Å². The molecule has 36 heavy (non-hydrogen) atoms. The second kappa shape index (κ2) is 9.26. The number of hydrogen-bond acceptors (Lipinski definition) is 6. The largest absolute Gasteiger partial charge is 0.353 e. The predicted octanol–water partition coefficient (Wildman–Crippen LogP) is 3.31. The smallest absolute Gasteiger partial charge is 0.257 e. The third-order valence-electron chi connectivity index (χ3n) is 6.48. The van der Waals surface area contributed by atoms with E-state index in [9.17, 15) is 4.79 Å². The topological polar surface area (TPSA) is 84.5 Å². The lowest BCUT2D eigenvalue weighted by Gasteiger charge is -2.35.